The van der Waals surface area contributed by atoms with Crippen LogP contribution in [0.5, 0.6) is 0 Å². The lowest BCUT2D eigenvalue weighted by Gasteiger charge is -2.43. The van der Waals surface area contributed by atoms with E-state index < -0.39 is 0 Å². The van der Waals surface area contributed by atoms with E-state index in [0.717, 1.165) is 0 Å². The lowest BCUT2D eigenvalue weighted by atomic mass is 9.60. The first-order valence-corrected chi connectivity index (χ1v) is 13.7. The van der Waals surface area contributed by atoms with Gasteiger partial charge >= 0.3 is 0 Å². The quantitative estimate of drug-likeness (QED) is 0.242. The normalized spacial score (nSPS) is 17.5. The molecule has 0 heterocycles. The number of hydrogen-bond donors (Lipinski definition) is 0. The Morgan fingerprint density at radius 3 is 1.32 bits per heavy atom. The van der Waals surface area contributed by atoms with Crippen molar-refractivity contribution in [2.24, 2.45) is 0 Å². The van der Waals surface area contributed by atoms with Crippen LogP contribution in [-0.2, 0) is 0 Å². The van der Waals surface area contributed by atoms with Gasteiger partial charge in [-0.25, -0.2) is 0 Å². The second-order valence-corrected chi connectivity index (χ2v) is 11.1. The van der Waals surface area contributed by atoms with E-state index >= 15 is 0 Å². The van der Waals surface area contributed by atoms with Gasteiger partial charge in [-0.15, -0.1) is 0 Å². The first-order chi connectivity index (χ1) is 18.2. The van der Waals surface area contributed by atoms with Gasteiger partial charge in [-0.05, 0) is 104 Å². The maximum absolute atomic E-state index is 2.45. The van der Waals surface area contributed by atoms with Gasteiger partial charge in [0.25, 0.3) is 0 Å². The third kappa shape index (κ3) is 3.83. The highest BCUT2D eigenvalue weighted by atomic mass is 14.4. The summed E-state index contributed by atoms with van der Waals surface area (Å²) in [5.74, 6) is 1.92. The molecule has 0 N–H and O–H groups in total. The molecule has 1 saturated carbocycles. The van der Waals surface area contributed by atoms with Gasteiger partial charge in [-0.1, -0.05) is 117 Å². The molecule has 1 fully saturated rings. The molecular weight excluding hydrogens is 444 g/mol. The molecule has 0 radical (unpaired) electrons. The van der Waals surface area contributed by atoms with Crippen molar-refractivity contribution in [1.82, 2.24) is 0 Å². The lowest BCUT2D eigenvalue weighted by molar-refractivity contribution is 0.343. The molecule has 0 spiro atoms. The number of benzene rings is 5. The molecule has 0 aliphatic heterocycles. The first-order valence-electron chi connectivity index (χ1n) is 13.7. The molecule has 2 unspecified atom stereocenters. The molecule has 5 aromatic carbocycles. The third-order valence-electron chi connectivity index (χ3n) is 8.71. The van der Waals surface area contributed by atoms with E-state index in [0.29, 0.717) is 17.8 Å². The van der Waals surface area contributed by atoms with Gasteiger partial charge in [-0.3, -0.25) is 0 Å². The standard InChI is InChI=1S/C37H32/c1-24(2)25-8-10-27(11-9-25)28-12-14-29(15-13-28)31-17-19-35-33-21-20-32(33)34-18-16-30(22-36(34)37(35)23-31)26-6-4-3-5-7-26/h3-19,22-24,32-33H,20-21H2,1-2H3. The van der Waals surface area contributed by atoms with Crippen molar-refractivity contribution in [3.05, 3.63) is 132 Å². The maximum atomic E-state index is 2.45. The fraction of sp³-hybridized carbons (Fsp3) is 0.189. The summed E-state index contributed by atoms with van der Waals surface area (Å²) in [6.07, 6.45) is 2.62. The average Bonchev–Trinajstić information content (AvgIpc) is 2.93. The summed E-state index contributed by atoms with van der Waals surface area (Å²) >= 11 is 0. The number of fused-ring (bicyclic) bond motifs is 6. The Kier molecular flexibility index (Phi) is 5.36. The zero-order chi connectivity index (χ0) is 24.9. The van der Waals surface area contributed by atoms with Gasteiger partial charge < -0.3 is 0 Å². The molecule has 2 aliphatic rings. The Labute approximate surface area is 220 Å². The van der Waals surface area contributed by atoms with E-state index in [1.807, 2.05) is 0 Å². The van der Waals surface area contributed by atoms with Gasteiger partial charge in [0.2, 0.25) is 0 Å². The summed E-state index contributed by atoms with van der Waals surface area (Å²) in [7, 11) is 0. The smallest absolute Gasteiger partial charge is 0.00865 e. The van der Waals surface area contributed by atoms with Crippen LogP contribution in [0.4, 0.5) is 0 Å². The minimum Gasteiger partial charge on any atom is -0.0622 e. The molecule has 0 bridgehead atoms. The zero-order valence-corrected chi connectivity index (χ0v) is 21.6. The summed E-state index contributed by atoms with van der Waals surface area (Å²) in [6.45, 7) is 4.49. The summed E-state index contributed by atoms with van der Waals surface area (Å²) in [5.41, 5.74) is 15.1. The largest absolute Gasteiger partial charge is 0.0622 e. The van der Waals surface area contributed by atoms with Crippen LogP contribution in [0.3, 0.4) is 0 Å². The van der Waals surface area contributed by atoms with E-state index in [-0.39, 0.29) is 0 Å². The number of rotatable bonds is 4. The van der Waals surface area contributed by atoms with Gasteiger partial charge in [0.1, 0.15) is 0 Å². The molecule has 2 atom stereocenters. The van der Waals surface area contributed by atoms with E-state index in [9.17, 15) is 0 Å². The van der Waals surface area contributed by atoms with Gasteiger partial charge in [0.05, 0.1) is 0 Å². The molecule has 2 aliphatic carbocycles. The molecular formula is C37H32. The molecule has 37 heavy (non-hydrogen) atoms. The fourth-order valence-electron chi connectivity index (χ4n) is 6.38. The Morgan fingerprint density at radius 1 is 0.459 bits per heavy atom. The average molecular weight is 477 g/mol. The minimum absolute atomic E-state index is 0.560. The van der Waals surface area contributed by atoms with Crippen LogP contribution in [-0.4, -0.2) is 0 Å². The summed E-state index contributed by atoms with van der Waals surface area (Å²) in [5, 5.41) is 0. The van der Waals surface area contributed by atoms with Crippen molar-refractivity contribution in [2.45, 2.75) is 44.4 Å². The van der Waals surface area contributed by atoms with Gasteiger partial charge in [0.15, 0.2) is 0 Å². The zero-order valence-electron chi connectivity index (χ0n) is 21.6. The monoisotopic (exact) mass is 476 g/mol. The Morgan fingerprint density at radius 2 is 0.865 bits per heavy atom. The van der Waals surface area contributed by atoms with E-state index in [4.69, 9.17) is 0 Å². The van der Waals surface area contributed by atoms with Gasteiger partial charge in [0, 0.05) is 0 Å². The van der Waals surface area contributed by atoms with E-state index in [1.54, 1.807) is 11.1 Å². The second-order valence-electron chi connectivity index (χ2n) is 11.1. The minimum atomic E-state index is 0.560. The Bertz CT molecular complexity index is 1570. The topological polar surface area (TPSA) is 0 Å². The van der Waals surface area contributed by atoms with E-state index in [2.05, 4.69) is 129 Å². The van der Waals surface area contributed by atoms with E-state index in [1.165, 1.54) is 62.9 Å². The van der Waals surface area contributed by atoms with Gasteiger partial charge in [-0.2, -0.15) is 0 Å². The van der Waals surface area contributed by atoms with Crippen LogP contribution in [0.15, 0.2) is 115 Å². The van der Waals surface area contributed by atoms with Crippen LogP contribution in [0.25, 0.3) is 44.5 Å². The molecule has 5 aromatic rings. The molecule has 180 valence electrons. The summed E-state index contributed by atoms with van der Waals surface area (Å²) in [6, 6.07) is 43.3. The molecule has 0 aromatic heterocycles. The fourth-order valence-corrected chi connectivity index (χ4v) is 6.38. The number of hydrogen-bond acceptors (Lipinski definition) is 0. The molecule has 0 saturated heterocycles. The van der Waals surface area contributed by atoms with Crippen molar-refractivity contribution < 1.29 is 0 Å². The van der Waals surface area contributed by atoms with Crippen LogP contribution in [0, 0.1) is 0 Å². The molecule has 0 amide bonds. The highest BCUT2D eigenvalue weighted by Crippen LogP contribution is 2.58. The second kappa shape index (κ2) is 8.89. The molecule has 7 rings (SSSR count). The van der Waals surface area contributed by atoms with Crippen LogP contribution in [0.1, 0.15) is 61.1 Å². The first kappa shape index (κ1) is 22.3. The van der Waals surface area contributed by atoms with Crippen molar-refractivity contribution >= 4 is 0 Å². The Balaban J connectivity index is 1.26. The molecule has 0 nitrogen and oxygen atoms in total. The molecule has 0 heteroatoms. The highest BCUT2D eigenvalue weighted by molar-refractivity contribution is 5.84. The highest BCUT2D eigenvalue weighted by Gasteiger charge is 2.39. The third-order valence-corrected chi connectivity index (χ3v) is 8.71. The summed E-state index contributed by atoms with van der Waals surface area (Å²) < 4.78 is 0. The van der Waals surface area contributed by atoms with Crippen LogP contribution in [0.2, 0.25) is 0 Å². The predicted molar refractivity (Wildman–Crippen MR) is 157 cm³/mol. The predicted octanol–water partition coefficient (Wildman–Crippen LogP) is 10.5. The lowest BCUT2D eigenvalue weighted by Crippen LogP contribution is -2.26. The van der Waals surface area contributed by atoms with Crippen molar-refractivity contribution in [1.29, 1.82) is 0 Å². The van der Waals surface area contributed by atoms with Crippen molar-refractivity contribution in [2.75, 3.05) is 0 Å². The Hall–Kier alpha value is -3.90. The van der Waals surface area contributed by atoms with Crippen molar-refractivity contribution in [3.8, 4) is 44.5 Å². The van der Waals surface area contributed by atoms with Crippen LogP contribution < -0.4 is 0 Å². The maximum Gasteiger partial charge on any atom is -0.00865 e. The SMILES string of the molecule is CC(C)c1ccc(-c2ccc(-c3ccc4c(c3)-c3cc(-c5ccccc5)ccc3C3CCC43)cc2)cc1. The van der Waals surface area contributed by atoms with Crippen molar-refractivity contribution in [3.63, 3.8) is 0 Å². The van der Waals surface area contributed by atoms with Crippen LogP contribution >= 0.6 is 0 Å². The summed E-state index contributed by atoms with van der Waals surface area (Å²) in [4.78, 5) is 0.